The van der Waals surface area contributed by atoms with Crippen molar-refractivity contribution in [1.82, 2.24) is 0 Å². The molecular formula is C32H22F2N6O6S2. The second kappa shape index (κ2) is 11.5. The van der Waals surface area contributed by atoms with Crippen LogP contribution in [0, 0.1) is 22.7 Å². The average molecular weight is 689 g/mol. The SMILES string of the molecule is [H]/N=N/c1c(S(=O)(=O)O)c(-c2ccc(-c3ccc(-c4c(S(=O)(=O)O)c(/N=N/[H])c(N)c5ccccc45)c(F)c3)cc2F)c2ccccc2c1N. The first-order valence-electron chi connectivity index (χ1n) is 14.5. The topological polar surface area (TPSA) is 233 Å². The van der Waals surface area contributed by atoms with E-state index in [1.807, 2.05) is 0 Å². The lowest BCUT2D eigenvalue weighted by Crippen LogP contribution is -2.06. The third-order valence-corrected chi connectivity index (χ3v) is 9.72. The number of nitrogens with two attached hydrogens (primary N) is 2. The summed E-state index contributed by atoms with van der Waals surface area (Å²) in [4.78, 5) is -1.75. The molecule has 48 heavy (non-hydrogen) atoms. The lowest BCUT2D eigenvalue weighted by Gasteiger charge is -2.18. The normalized spacial score (nSPS) is 13.1. The van der Waals surface area contributed by atoms with Crippen molar-refractivity contribution in [2.75, 3.05) is 11.5 Å². The molecule has 0 saturated carbocycles. The molecule has 6 aromatic rings. The van der Waals surface area contributed by atoms with Crippen LogP contribution in [0.15, 0.2) is 105 Å². The van der Waals surface area contributed by atoms with E-state index in [-0.39, 0.29) is 66.3 Å². The molecule has 0 saturated heterocycles. The van der Waals surface area contributed by atoms with E-state index in [2.05, 4.69) is 21.3 Å². The Kier molecular flexibility index (Phi) is 7.14. The van der Waals surface area contributed by atoms with Crippen LogP contribution >= 0.6 is 0 Å². The van der Waals surface area contributed by atoms with Crippen LogP contribution in [0.1, 0.15) is 0 Å². The van der Waals surface area contributed by atoms with E-state index in [0.29, 0.717) is 0 Å². The number of nitrogens with one attached hydrogen (secondary N) is 2. The summed E-state index contributed by atoms with van der Waals surface area (Å²) in [6.07, 6.45) is 0. The molecule has 0 atom stereocenters. The summed E-state index contributed by atoms with van der Waals surface area (Å²) in [5.74, 6) is -1.99. The number of fused-ring (bicyclic) bond motifs is 2. The maximum absolute atomic E-state index is 16.1. The maximum atomic E-state index is 16.1. The van der Waals surface area contributed by atoms with Crippen molar-refractivity contribution in [3.63, 3.8) is 0 Å². The van der Waals surface area contributed by atoms with Crippen molar-refractivity contribution >= 4 is 64.5 Å². The van der Waals surface area contributed by atoms with Gasteiger partial charge in [0.25, 0.3) is 20.2 Å². The molecule has 12 nitrogen and oxygen atoms in total. The van der Waals surface area contributed by atoms with Gasteiger partial charge in [0.05, 0.1) is 11.4 Å². The van der Waals surface area contributed by atoms with Crippen LogP contribution in [-0.2, 0) is 20.2 Å². The van der Waals surface area contributed by atoms with Crippen LogP contribution in [0.4, 0.5) is 31.5 Å². The minimum atomic E-state index is -5.13. The molecule has 8 N–H and O–H groups in total. The van der Waals surface area contributed by atoms with E-state index in [9.17, 15) is 25.9 Å². The van der Waals surface area contributed by atoms with Gasteiger partial charge in [-0.05, 0) is 34.0 Å². The van der Waals surface area contributed by atoms with Crippen LogP contribution in [0.25, 0.3) is 54.9 Å². The number of hydrogen-bond acceptors (Lipinski definition) is 10. The number of anilines is 2. The summed E-state index contributed by atoms with van der Waals surface area (Å²) >= 11 is 0. The Morgan fingerprint density at radius 3 is 1.27 bits per heavy atom. The molecule has 0 amide bonds. The van der Waals surface area contributed by atoms with Crippen LogP contribution < -0.4 is 11.5 Å². The average Bonchev–Trinajstić information content (AvgIpc) is 3.06. The highest BCUT2D eigenvalue weighted by atomic mass is 32.2. The highest BCUT2D eigenvalue weighted by molar-refractivity contribution is 7.86. The predicted molar refractivity (Wildman–Crippen MR) is 176 cm³/mol. The van der Waals surface area contributed by atoms with E-state index in [1.165, 1.54) is 60.7 Å². The number of hydrogen-bond donors (Lipinski definition) is 6. The van der Waals surface area contributed by atoms with Crippen LogP contribution in [-0.4, -0.2) is 25.9 Å². The van der Waals surface area contributed by atoms with Gasteiger partial charge in [0.15, 0.2) is 0 Å². The number of benzene rings is 6. The first-order valence-corrected chi connectivity index (χ1v) is 16.5. The molecule has 6 aromatic carbocycles. The smallest absolute Gasteiger partial charge is 0.297 e. The number of halogens is 2. The molecule has 0 aliphatic heterocycles. The van der Waals surface area contributed by atoms with Gasteiger partial charge in [-0.25, -0.2) is 19.8 Å². The van der Waals surface area contributed by atoms with Crippen LogP contribution in [0.2, 0.25) is 2.82 Å². The zero-order chi connectivity index (χ0) is 36.1. The minimum Gasteiger partial charge on any atom is -0.396 e. The molecule has 0 aliphatic rings. The van der Waals surface area contributed by atoms with Gasteiger partial charge in [-0.2, -0.15) is 27.1 Å². The van der Waals surface area contributed by atoms with E-state index >= 15 is 8.78 Å². The minimum absolute atomic E-state index is 0.108. The van der Waals surface area contributed by atoms with E-state index in [1.54, 1.807) is 12.1 Å². The molecule has 0 unspecified atom stereocenters. The summed E-state index contributed by atoms with van der Waals surface area (Å²) in [5, 5.41) is 7.74. The standard InChI is InChI=1S/C32H22F2N6O6S2/c33-23-13-15(9-11-21(23)25-17-5-1-3-7-19(17)27(35)29(39-37)31(25)47(41,42)43)16-10-12-22(24(34)14-16)26-18-6-2-4-8-20(18)28(36)30(40-38)32(26)48(44,45)46/h1-14,37-38H,35-36H2,(H,41,42,43)(H,44,45,46)/b39-37+,40-38+. The number of nitrogens with zero attached hydrogens (tertiary/aromatic N) is 2. The lowest BCUT2D eigenvalue weighted by atomic mass is 9.92. The van der Waals surface area contributed by atoms with Crippen LogP contribution in [0.5, 0.6) is 0 Å². The molecule has 0 spiro atoms. The van der Waals surface area contributed by atoms with Gasteiger partial charge in [-0.1, -0.05) is 72.8 Å². The van der Waals surface area contributed by atoms with Crippen LogP contribution in [0.3, 0.4) is 0 Å². The Balaban J connectivity index is 1.56. The summed E-state index contributed by atoms with van der Waals surface area (Å²) < 4.78 is 117. The predicted octanol–water partition coefficient (Wildman–Crippen LogP) is 8.25. The fourth-order valence-electron chi connectivity index (χ4n) is 5.88. The number of rotatable bonds is 7. The molecule has 0 aromatic heterocycles. The molecule has 6 rings (SSSR count). The highest BCUT2D eigenvalue weighted by Gasteiger charge is 2.30. The number of nitrogen functional groups attached to an aromatic ring is 2. The Bertz CT molecular complexity index is 2510. The zero-order valence-corrected chi connectivity index (χ0v) is 25.8. The third kappa shape index (κ3) is 5.12. The lowest BCUT2D eigenvalue weighted by molar-refractivity contribution is 0.481. The third-order valence-electron chi connectivity index (χ3n) is 7.89. The first kappa shape index (κ1) is 29.7. The Hall–Kier alpha value is -5.68. The second-order valence-corrected chi connectivity index (χ2v) is 13.3. The van der Waals surface area contributed by atoms with Gasteiger partial charge in [0.2, 0.25) is 2.82 Å². The van der Waals surface area contributed by atoms with Crippen molar-refractivity contribution in [2.24, 2.45) is 10.2 Å². The van der Waals surface area contributed by atoms with Gasteiger partial charge in [0, 0.05) is 33.0 Å². The highest BCUT2D eigenvalue weighted by Crippen LogP contribution is 2.48. The quantitative estimate of drug-likeness (QED) is 0.0541. The molecule has 0 fully saturated rings. The van der Waals surface area contributed by atoms with E-state index in [4.69, 9.17) is 14.3 Å². The Morgan fingerprint density at radius 1 is 0.604 bits per heavy atom. The fourth-order valence-corrected chi connectivity index (χ4v) is 7.63. The van der Waals surface area contributed by atoms with Crippen molar-refractivity contribution in [1.29, 1.82) is 11.0 Å². The maximum Gasteiger partial charge on any atom is 0.297 e. The van der Waals surface area contributed by atoms with Gasteiger partial charge < -0.3 is 11.5 Å². The summed E-state index contributed by atoms with van der Waals surface area (Å²) in [7, 11) is -10.3. The summed E-state index contributed by atoms with van der Waals surface area (Å²) in [6.45, 7) is 0. The van der Waals surface area contributed by atoms with E-state index < -0.39 is 53.0 Å². The van der Waals surface area contributed by atoms with Crippen molar-refractivity contribution in [2.45, 2.75) is 9.79 Å². The molecular weight excluding hydrogens is 667 g/mol. The van der Waals surface area contributed by atoms with Crippen molar-refractivity contribution < 1.29 is 37.5 Å². The largest absolute Gasteiger partial charge is 0.396 e. The molecule has 16 heteroatoms. The molecule has 0 radical (unpaired) electrons. The van der Waals surface area contributed by atoms with Gasteiger partial charge in [0.1, 0.15) is 32.8 Å². The Labute approximate surface area is 274 Å². The van der Waals surface area contributed by atoms with Gasteiger partial charge in [-0.15, -0.1) is 0 Å². The molecule has 0 heterocycles. The van der Waals surface area contributed by atoms with Crippen molar-refractivity contribution in [3.8, 4) is 33.4 Å². The summed E-state index contributed by atoms with van der Waals surface area (Å²) in [5.41, 5.74) is 15.4. The van der Waals surface area contributed by atoms with Gasteiger partial charge >= 0.3 is 0 Å². The first-order chi connectivity index (χ1) is 23.7. The summed E-state index contributed by atoms with van der Waals surface area (Å²) in [6, 6.07) is 19.3. The zero-order valence-electron chi connectivity index (χ0n) is 26.1. The Morgan fingerprint density at radius 2 is 0.958 bits per heavy atom. The monoisotopic (exact) mass is 688 g/mol. The van der Waals surface area contributed by atoms with E-state index in [0.717, 1.165) is 12.1 Å². The molecule has 242 valence electrons. The van der Waals surface area contributed by atoms with Gasteiger partial charge in [-0.3, -0.25) is 9.11 Å². The molecule has 0 bridgehead atoms. The molecule has 0 aliphatic carbocycles. The fraction of sp³-hybridized carbons (Fsp3) is 0. The second-order valence-electron chi connectivity index (χ2n) is 10.6. The van der Waals surface area contributed by atoms with Crippen molar-refractivity contribution in [3.05, 3.63) is 96.6 Å².